The molecule has 1 unspecified atom stereocenters. The molecule has 0 spiro atoms. The third-order valence-electron chi connectivity index (χ3n) is 9.36. The van der Waals surface area contributed by atoms with Gasteiger partial charge in [0.15, 0.2) is 6.10 Å². The van der Waals surface area contributed by atoms with Crippen molar-refractivity contribution in [3.05, 3.63) is 48.6 Å². The summed E-state index contributed by atoms with van der Waals surface area (Å²) in [7, 11) is 1.44. The van der Waals surface area contributed by atoms with E-state index >= 15 is 0 Å². The minimum absolute atomic E-state index is 0.0205. The normalized spacial score (nSPS) is 14.0. The van der Waals surface area contributed by atoms with Crippen molar-refractivity contribution in [3.8, 4) is 0 Å². The van der Waals surface area contributed by atoms with Crippen LogP contribution in [0.2, 0.25) is 0 Å². The largest absolute Gasteiger partial charge is 0.472 e. The van der Waals surface area contributed by atoms with Gasteiger partial charge in [-0.05, 0) is 64.2 Å². The number of quaternary nitrogens is 1. The standard InChI is InChI=1S/C46H84NO8P/c1-6-8-10-12-14-16-18-20-22-23-25-27-29-31-33-35-37-39-46(49)55-44(43-54-56(50,51)53-41-40-47(3,4)5)42-52-45(48)38-36-34-32-30-28-26-24-21-19-17-15-13-11-9-7-2/h17,19,21,24-25,27,31,33,44H,6-16,18,20,22-23,26,28-30,32,34-43H2,1-5H3/p+1/b19-17+,24-21+,27-25+,33-31+/t44-/m1/s1. The Morgan fingerprint density at radius 3 is 1.59 bits per heavy atom. The maximum Gasteiger partial charge on any atom is 0.472 e. The Kier molecular flexibility index (Phi) is 37.1. The average Bonchev–Trinajstić information content (AvgIpc) is 3.15. The second-order valence-corrected chi connectivity index (χ2v) is 17.6. The first-order chi connectivity index (χ1) is 27.0. The maximum atomic E-state index is 12.7. The van der Waals surface area contributed by atoms with Crippen molar-refractivity contribution in [3.63, 3.8) is 0 Å². The van der Waals surface area contributed by atoms with Crippen LogP contribution in [-0.4, -0.2) is 74.9 Å². The Labute approximate surface area is 343 Å². The van der Waals surface area contributed by atoms with Gasteiger partial charge in [0.25, 0.3) is 0 Å². The highest BCUT2D eigenvalue weighted by Crippen LogP contribution is 2.43. The van der Waals surface area contributed by atoms with Gasteiger partial charge in [0.1, 0.15) is 19.8 Å². The molecule has 0 radical (unpaired) electrons. The van der Waals surface area contributed by atoms with Gasteiger partial charge >= 0.3 is 19.8 Å². The fraction of sp³-hybridized carbons (Fsp3) is 0.783. The Hall–Kier alpha value is -2.03. The number of nitrogens with zero attached hydrogens (tertiary/aromatic N) is 1. The van der Waals surface area contributed by atoms with E-state index in [0.717, 1.165) is 57.8 Å². The Balaban J connectivity index is 4.45. The van der Waals surface area contributed by atoms with Crippen molar-refractivity contribution in [1.82, 2.24) is 0 Å². The van der Waals surface area contributed by atoms with E-state index in [0.29, 0.717) is 23.9 Å². The van der Waals surface area contributed by atoms with Crippen molar-refractivity contribution in [2.24, 2.45) is 0 Å². The predicted molar refractivity (Wildman–Crippen MR) is 233 cm³/mol. The zero-order chi connectivity index (χ0) is 41.4. The lowest BCUT2D eigenvalue weighted by Crippen LogP contribution is -2.37. The molecule has 2 atom stereocenters. The van der Waals surface area contributed by atoms with Crippen molar-refractivity contribution in [1.29, 1.82) is 0 Å². The number of unbranched alkanes of at least 4 members (excludes halogenated alkanes) is 19. The number of phosphoric ester groups is 1. The SMILES string of the molecule is CCCCCC/C=C/C=C/CCCCCCCC(=O)OC[C@H](COP(=O)(O)OCC[N+](C)(C)C)OC(=O)CCC/C=C/C/C=C/CCCCCCCCCCC. The highest BCUT2D eigenvalue weighted by atomic mass is 31.2. The van der Waals surface area contributed by atoms with Crippen molar-refractivity contribution < 1.29 is 42.1 Å². The lowest BCUT2D eigenvalue weighted by Gasteiger charge is -2.24. The molecule has 0 fully saturated rings. The van der Waals surface area contributed by atoms with E-state index in [1.807, 2.05) is 21.1 Å². The summed E-state index contributed by atoms with van der Waals surface area (Å²) < 4.78 is 34.2. The molecule has 0 aliphatic rings. The van der Waals surface area contributed by atoms with E-state index < -0.39 is 32.5 Å². The van der Waals surface area contributed by atoms with Gasteiger partial charge in [-0.15, -0.1) is 0 Å². The molecule has 0 aromatic carbocycles. The average molecular weight is 811 g/mol. The third kappa shape index (κ3) is 41.6. The van der Waals surface area contributed by atoms with Gasteiger partial charge in [-0.25, -0.2) is 4.57 Å². The number of phosphoric acid groups is 1. The molecule has 0 aromatic heterocycles. The van der Waals surface area contributed by atoms with Gasteiger partial charge in [-0.3, -0.25) is 18.6 Å². The third-order valence-corrected chi connectivity index (χ3v) is 10.3. The summed E-state index contributed by atoms with van der Waals surface area (Å²) in [5, 5.41) is 0. The van der Waals surface area contributed by atoms with Crippen LogP contribution in [0.1, 0.15) is 181 Å². The summed E-state index contributed by atoms with van der Waals surface area (Å²) in [4.78, 5) is 35.3. The van der Waals surface area contributed by atoms with E-state index in [1.54, 1.807) is 0 Å². The molecular formula is C46H85NO8P+. The molecule has 326 valence electrons. The molecule has 0 aliphatic carbocycles. The molecule has 0 saturated heterocycles. The minimum atomic E-state index is -4.39. The van der Waals surface area contributed by atoms with Crippen molar-refractivity contribution in [2.45, 2.75) is 187 Å². The van der Waals surface area contributed by atoms with E-state index in [2.05, 4.69) is 62.5 Å². The minimum Gasteiger partial charge on any atom is -0.462 e. The van der Waals surface area contributed by atoms with Crippen LogP contribution in [0.3, 0.4) is 0 Å². The second-order valence-electron chi connectivity index (χ2n) is 16.1. The van der Waals surface area contributed by atoms with Gasteiger partial charge in [-0.2, -0.15) is 0 Å². The number of carbonyl (C=O) groups excluding carboxylic acids is 2. The molecule has 0 aliphatic heterocycles. The summed E-state index contributed by atoms with van der Waals surface area (Å²) >= 11 is 0. The Morgan fingerprint density at radius 2 is 1.04 bits per heavy atom. The first-order valence-electron chi connectivity index (χ1n) is 22.4. The van der Waals surface area contributed by atoms with Crippen LogP contribution in [-0.2, 0) is 32.7 Å². The highest BCUT2D eigenvalue weighted by molar-refractivity contribution is 7.47. The number of ether oxygens (including phenoxy) is 2. The number of carbonyl (C=O) groups is 2. The van der Waals surface area contributed by atoms with Crippen molar-refractivity contribution >= 4 is 19.8 Å². The fourth-order valence-corrected chi connectivity index (χ4v) is 6.55. The molecule has 9 nitrogen and oxygen atoms in total. The summed E-state index contributed by atoms with van der Waals surface area (Å²) in [5.74, 6) is -0.870. The Bertz CT molecular complexity index is 1100. The first kappa shape index (κ1) is 54.0. The number of esters is 2. The maximum absolute atomic E-state index is 12.7. The lowest BCUT2D eigenvalue weighted by molar-refractivity contribution is -0.870. The van der Waals surface area contributed by atoms with Crippen LogP contribution in [0.25, 0.3) is 0 Å². The molecule has 0 amide bonds. The van der Waals surface area contributed by atoms with Crippen LogP contribution in [0.4, 0.5) is 0 Å². The molecule has 0 aromatic rings. The van der Waals surface area contributed by atoms with Crippen LogP contribution >= 0.6 is 7.82 Å². The fourth-order valence-electron chi connectivity index (χ4n) is 5.81. The van der Waals surface area contributed by atoms with Gasteiger partial charge < -0.3 is 18.9 Å². The van der Waals surface area contributed by atoms with E-state index in [-0.39, 0.29) is 26.1 Å². The first-order valence-corrected chi connectivity index (χ1v) is 23.9. The topological polar surface area (TPSA) is 108 Å². The van der Waals surface area contributed by atoms with Crippen LogP contribution in [0, 0.1) is 0 Å². The molecule has 10 heteroatoms. The molecule has 0 bridgehead atoms. The zero-order valence-corrected chi connectivity index (χ0v) is 37.5. The van der Waals surface area contributed by atoms with E-state index in [4.69, 9.17) is 18.5 Å². The summed E-state index contributed by atoms with van der Waals surface area (Å²) in [6, 6.07) is 0. The quantitative estimate of drug-likeness (QED) is 0.0163. The van der Waals surface area contributed by atoms with Gasteiger partial charge in [-0.1, -0.05) is 152 Å². The monoisotopic (exact) mass is 811 g/mol. The van der Waals surface area contributed by atoms with Crippen LogP contribution < -0.4 is 0 Å². The van der Waals surface area contributed by atoms with Crippen LogP contribution in [0.15, 0.2) is 48.6 Å². The van der Waals surface area contributed by atoms with Gasteiger partial charge in [0, 0.05) is 12.8 Å². The predicted octanol–water partition coefficient (Wildman–Crippen LogP) is 12.7. The summed E-state index contributed by atoms with van der Waals surface area (Å²) in [5.41, 5.74) is 0. The van der Waals surface area contributed by atoms with E-state index in [9.17, 15) is 19.0 Å². The summed E-state index contributed by atoms with van der Waals surface area (Å²) in [6.45, 7) is 4.33. The van der Waals surface area contributed by atoms with Crippen molar-refractivity contribution in [2.75, 3.05) is 47.5 Å². The lowest BCUT2D eigenvalue weighted by atomic mass is 10.1. The number of allylic oxidation sites excluding steroid dienone is 8. The molecule has 56 heavy (non-hydrogen) atoms. The number of likely N-dealkylation sites (N-methyl/N-ethyl adjacent to an activating group) is 1. The molecule has 0 heterocycles. The molecular weight excluding hydrogens is 725 g/mol. The van der Waals surface area contributed by atoms with E-state index in [1.165, 1.54) is 83.5 Å². The van der Waals surface area contributed by atoms with Gasteiger partial charge in [0.2, 0.25) is 0 Å². The molecule has 0 rings (SSSR count). The van der Waals surface area contributed by atoms with Gasteiger partial charge in [0.05, 0.1) is 27.7 Å². The molecule has 0 saturated carbocycles. The summed E-state index contributed by atoms with van der Waals surface area (Å²) in [6.07, 6.45) is 44.5. The molecule has 1 N–H and O–H groups in total. The number of rotatable bonds is 40. The number of hydrogen-bond acceptors (Lipinski definition) is 7. The second kappa shape index (κ2) is 38.5. The Morgan fingerprint density at radius 1 is 0.571 bits per heavy atom. The number of hydrogen-bond donors (Lipinski definition) is 1. The highest BCUT2D eigenvalue weighted by Gasteiger charge is 2.27. The smallest absolute Gasteiger partial charge is 0.462 e. The zero-order valence-electron chi connectivity index (χ0n) is 36.6. The van der Waals surface area contributed by atoms with Crippen LogP contribution in [0.5, 0.6) is 0 Å².